The molecule has 1 heterocycles. The highest BCUT2D eigenvalue weighted by Crippen LogP contribution is 1.88. The molecule has 1 aromatic heterocycles. The standard InChI is InChI=1S/C6H9N3.H2/c1-3-6-8-4-7-5(2)9-6;/h4H,3H2,1-2H3;1H/i4T;1+2T. The van der Waals surface area contributed by atoms with Gasteiger partial charge in [0.1, 0.15) is 19.3 Å². The predicted molar refractivity (Wildman–Crippen MR) is 36.1 cm³/mol. The van der Waals surface area contributed by atoms with Crippen LogP contribution in [0.15, 0.2) is 6.30 Å². The Morgan fingerprint density at radius 1 is 1.89 bits per heavy atom. The van der Waals surface area contributed by atoms with Gasteiger partial charge in [-0.2, -0.15) is 0 Å². The van der Waals surface area contributed by atoms with E-state index in [1.54, 1.807) is 6.92 Å². The highest BCUT2D eigenvalue weighted by Gasteiger charge is 1.90. The largest absolute Gasteiger partial charge is 0.222 e. The van der Waals surface area contributed by atoms with Crippen molar-refractivity contribution in [3.63, 3.8) is 0 Å². The van der Waals surface area contributed by atoms with Gasteiger partial charge in [-0.05, 0) is 6.92 Å². The molecule has 1 rings (SSSR count). The third kappa shape index (κ3) is 1.45. The molecule has 0 saturated heterocycles. The molecule has 0 atom stereocenters. The van der Waals surface area contributed by atoms with Crippen molar-refractivity contribution in [3.8, 4) is 0 Å². The minimum Gasteiger partial charge on any atom is -0.222 e. The fourth-order valence-corrected chi connectivity index (χ4v) is 0.550. The van der Waals surface area contributed by atoms with Crippen molar-refractivity contribution in [2.45, 2.75) is 20.3 Å². The molecule has 0 spiro atoms. The lowest BCUT2D eigenvalue weighted by molar-refractivity contribution is 0.862. The van der Waals surface area contributed by atoms with Gasteiger partial charge in [0, 0.05) is 9.39 Å². The van der Waals surface area contributed by atoms with Crippen molar-refractivity contribution >= 4 is 0 Å². The maximum atomic E-state index is 7.12. The first-order chi connectivity index (χ1) is 5.72. The van der Waals surface area contributed by atoms with E-state index in [1.807, 2.05) is 6.92 Å². The van der Waals surface area contributed by atoms with E-state index in [4.69, 9.17) is 4.34 Å². The predicted octanol–water partition coefficient (Wildman–Crippen LogP) is 0.988. The van der Waals surface area contributed by atoms with Crippen LogP contribution in [-0.4, -0.2) is 15.0 Å². The lowest BCUT2D eigenvalue weighted by Gasteiger charge is -1.92. The number of rotatable bonds is 1. The van der Waals surface area contributed by atoms with Crippen LogP contribution < -0.4 is 0 Å². The van der Waals surface area contributed by atoms with Gasteiger partial charge in [0.15, 0.2) is 0 Å². The van der Waals surface area contributed by atoms with E-state index < -0.39 is 0 Å². The molecule has 0 fully saturated rings. The van der Waals surface area contributed by atoms with Crippen molar-refractivity contribution in [1.29, 1.82) is 0 Å². The van der Waals surface area contributed by atoms with Gasteiger partial charge in [0.25, 0.3) is 0 Å². The Morgan fingerprint density at radius 2 is 2.67 bits per heavy atom. The molecule has 50 valence electrons. The molecule has 9 heavy (non-hydrogen) atoms. The van der Waals surface area contributed by atoms with Gasteiger partial charge < -0.3 is 0 Å². The zero-order valence-corrected chi connectivity index (χ0v) is 5.55. The molecule has 0 aliphatic heterocycles. The Kier molecular flexibility index (Phi) is 1.10. The van der Waals surface area contributed by atoms with Crippen LogP contribution in [0.5, 0.6) is 0 Å². The molecule has 0 amide bonds. The minimum atomic E-state index is 0.0596. The molecule has 0 unspecified atom stereocenters. The average molecular weight is 131 g/mol. The van der Waals surface area contributed by atoms with Crippen LogP contribution in [-0.2, 0) is 6.42 Å². The summed E-state index contributed by atoms with van der Waals surface area (Å²) in [5.41, 5.74) is 0. The average Bonchev–Trinajstić information content (AvgIpc) is 2.06. The molecule has 0 N–H and O–H groups in total. The fraction of sp³-hybridized carbons (Fsp3) is 0.500. The van der Waals surface area contributed by atoms with Crippen LogP contribution in [0.3, 0.4) is 0 Å². The van der Waals surface area contributed by atoms with Gasteiger partial charge in [-0.25, -0.2) is 15.0 Å². The summed E-state index contributed by atoms with van der Waals surface area (Å²) in [7, 11) is 0. The van der Waals surface area contributed by atoms with Crippen LogP contribution in [0.25, 0.3) is 0 Å². The molecule has 1 aromatic rings. The van der Waals surface area contributed by atoms with E-state index in [0.29, 0.717) is 11.6 Å². The summed E-state index contributed by atoms with van der Waals surface area (Å²) in [6.07, 6.45) is 0.819. The van der Waals surface area contributed by atoms with Crippen LogP contribution >= 0.6 is 0 Å². The van der Waals surface area contributed by atoms with E-state index in [9.17, 15) is 0 Å². The SMILES string of the molecule is [3H][3H].[3H]c1nc(C)nc(CC)n1. The molecule has 3 nitrogen and oxygen atoms in total. The van der Waals surface area contributed by atoms with Gasteiger partial charge >= 0.3 is 0 Å². The van der Waals surface area contributed by atoms with Crippen molar-refractivity contribution in [3.05, 3.63) is 18.0 Å². The van der Waals surface area contributed by atoms with Gasteiger partial charge in [-0.1, -0.05) is 6.92 Å². The van der Waals surface area contributed by atoms with Crippen LogP contribution in [0, 0.1) is 6.92 Å². The monoisotopic (exact) mass is 131 g/mol. The Balaban J connectivity index is 0.000000561. The van der Waals surface area contributed by atoms with Gasteiger partial charge in [-0.3, -0.25) is 0 Å². The minimum absolute atomic E-state index is 0.0596. The summed E-state index contributed by atoms with van der Waals surface area (Å²) in [6.45, 7) is 3.72. The molecule has 0 saturated carbocycles. The van der Waals surface area contributed by atoms with E-state index in [2.05, 4.69) is 15.0 Å². The Morgan fingerprint density at radius 3 is 3.22 bits per heavy atom. The molecule has 0 aliphatic carbocycles. The van der Waals surface area contributed by atoms with Crippen LogP contribution in [0.2, 0.25) is 0 Å². The molecule has 0 aliphatic rings. The quantitative estimate of drug-likeness (QED) is 0.570. The summed E-state index contributed by atoms with van der Waals surface area (Å²) < 4.78 is 17.1. The molecule has 3 heteroatoms. The molecule has 0 bridgehead atoms. The zero-order chi connectivity index (χ0) is 9.56. The number of aromatic nitrogens is 3. The second kappa shape index (κ2) is 2.53. The highest BCUT2D eigenvalue weighted by atomic mass is 15.0. The third-order valence-corrected chi connectivity index (χ3v) is 0.998. The van der Waals surface area contributed by atoms with Gasteiger partial charge in [0.05, 0.1) is 0 Å². The van der Waals surface area contributed by atoms with Crippen molar-refractivity contribution in [2.24, 2.45) is 0 Å². The number of aryl methyl sites for hydroxylation is 2. The van der Waals surface area contributed by atoms with E-state index >= 15 is 0 Å². The van der Waals surface area contributed by atoms with Crippen molar-refractivity contribution < 1.29 is 4.34 Å². The first kappa shape index (κ1) is 3.93. The van der Waals surface area contributed by atoms with Crippen molar-refractivity contribution in [2.75, 3.05) is 0 Å². The molecular weight excluding hydrogens is 114 g/mol. The summed E-state index contributed by atoms with van der Waals surface area (Å²) in [5, 5.41) is 0. The van der Waals surface area contributed by atoms with Gasteiger partial charge in [0.2, 0.25) is 0 Å². The Bertz CT molecular complexity index is 221. The van der Waals surface area contributed by atoms with Crippen molar-refractivity contribution in [1.82, 2.24) is 15.0 Å². The molecule has 0 aromatic carbocycles. The number of hydrogen-bond donors (Lipinski definition) is 0. The summed E-state index contributed by atoms with van der Waals surface area (Å²) in [4.78, 5) is 11.5. The molecular formula is C6H11N3. The highest BCUT2D eigenvalue weighted by molar-refractivity contribution is 4.86. The topological polar surface area (TPSA) is 38.7 Å². The smallest absolute Gasteiger partial charge is 0.131 e. The fourth-order valence-electron chi connectivity index (χ4n) is 0.550. The van der Waals surface area contributed by atoms with Gasteiger partial charge in [-0.15, -0.1) is 0 Å². The normalized spacial score (nSPS) is 12.0. The molecule has 0 radical (unpaired) electrons. The number of hydrogen-bond acceptors (Lipinski definition) is 3. The maximum Gasteiger partial charge on any atom is 0.131 e. The zero-order valence-electron chi connectivity index (χ0n) is 8.55. The number of nitrogens with zero attached hydrogens (tertiary/aromatic N) is 3. The maximum absolute atomic E-state index is 7.12. The van der Waals surface area contributed by atoms with Crippen LogP contribution in [0.1, 0.15) is 22.9 Å². The summed E-state index contributed by atoms with van der Waals surface area (Å²) in [5.74, 6) is 1.31. The third-order valence-electron chi connectivity index (χ3n) is 0.998. The van der Waals surface area contributed by atoms with Crippen LogP contribution in [0.4, 0.5) is 0 Å². The lowest BCUT2D eigenvalue weighted by atomic mass is 10.4. The first-order valence-electron chi connectivity index (χ1n) is 4.40. The first-order valence-corrected chi connectivity index (χ1v) is 2.90. The summed E-state index contributed by atoms with van der Waals surface area (Å²) >= 11 is 0. The van der Waals surface area contributed by atoms with E-state index in [0.717, 1.165) is 6.42 Å². The van der Waals surface area contributed by atoms with E-state index in [1.165, 1.54) is 0 Å². The second-order valence-electron chi connectivity index (χ2n) is 1.75. The summed E-state index contributed by atoms with van der Waals surface area (Å²) in [6, 6.07) is 0. The Labute approximate surface area is 58.7 Å². The second-order valence-corrected chi connectivity index (χ2v) is 1.75. The Hall–Kier alpha value is -0.990. The lowest BCUT2D eigenvalue weighted by Crippen LogP contribution is -1.95. The van der Waals surface area contributed by atoms with E-state index in [-0.39, 0.29) is 6.30 Å².